The molecular formula is C10H13BrFNO2S. The van der Waals surface area contributed by atoms with E-state index in [2.05, 4.69) is 20.7 Å². The van der Waals surface area contributed by atoms with E-state index in [1.54, 1.807) is 0 Å². The van der Waals surface area contributed by atoms with Crippen molar-refractivity contribution in [3.05, 3.63) is 28.5 Å². The topological polar surface area (TPSA) is 46.2 Å². The molecule has 3 nitrogen and oxygen atoms in total. The van der Waals surface area contributed by atoms with Crippen molar-refractivity contribution < 1.29 is 12.8 Å². The first kappa shape index (κ1) is 13.4. The van der Waals surface area contributed by atoms with Crippen LogP contribution in [0.4, 0.5) is 10.1 Å². The fourth-order valence-electron chi connectivity index (χ4n) is 1.13. The predicted molar refractivity (Wildman–Crippen MR) is 66.4 cm³/mol. The third-order valence-corrected chi connectivity index (χ3v) is 3.81. The molecule has 0 heterocycles. The summed E-state index contributed by atoms with van der Waals surface area (Å²) >= 11 is 3.16. The molecule has 0 saturated heterocycles. The SMILES string of the molecule is CCCCS(=O)(=O)Nc1cc(Br)ccc1F. The van der Waals surface area contributed by atoms with Crippen LogP contribution in [-0.4, -0.2) is 14.2 Å². The summed E-state index contributed by atoms with van der Waals surface area (Å²) in [5.41, 5.74) is -0.0227. The van der Waals surface area contributed by atoms with Crippen molar-refractivity contribution in [1.29, 1.82) is 0 Å². The Morgan fingerprint density at radius 1 is 1.44 bits per heavy atom. The van der Waals surface area contributed by atoms with Gasteiger partial charge in [0.25, 0.3) is 0 Å². The third-order valence-electron chi connectivity index (χ3n) is 1.96. The van der Waals surface area contributed by atoms with Gasteiger partial charge in [-0.2, -0.15) is 0 Å². The molecular weight excluding hydrogens is 297 g/mol. The van der Waals surface area contributed by atoms with Crippen molar-refractivity contribution in [2.75, 3.05) is 10.5 Å². The molecule has 1 aromatic carbocycles. The van der Waals surface area contributed by atoms with Crippen LogP contribution in [0, 0.1) is 5.82 Å². The molecule has 0 fully saturated rings. The van der Waals surface area contributed by atoms with Gasteiger partial charge in [0.05, 0.1) is 11.4 Å². The van der Waals surface area contributed by atoms with Crippen molar-refractivity contribution in [2.24, 2.45) is 0 Å². The van der Waals surface area contributed by atoms with Gasteiger partial charge in [0.2, 0.25) is 10.0 Å². The van der Waals surface area contributed by atoms with E-state index in [4.69, 9.17) is 0 Å². The lowest BCUT2D eigenvalue weighted by Crippen LogP contribution is -2.17. The van der Waals surface area contributed by atoms with Crippen LogP contribution in [0.2, 0.25) is 0 Å². The third kappa shape index (κ3) is 4.09. The van der Waals surface area contributed by atoms with Crippen LogP contribution in [0.1, 0.15) is 19.8 Å². The Labute approximate surface area is 103 Å². The van der Waals surface area contributed by atoms with Gasteiger partial charge < -0.3 is 0 Å². The van der Waals surface area contributed by atoms with E-state index in [0.29, 0.717) is 10.9 Å². The molecule has 0 amide bonds. The summed E-state index contributed by atoms with van der Waals surface area (Å²) in [7, 11) is -3.45. The lowest BCUT2D eigenvalue weighted by atomic mass is 10.3. The molecule has 1 N–H and O–H groups in total. The van der Waals surface area contributed by atoms with Crippen LogP contribution in [0.25, 0.3) is 0 Å². The second-order valence-electron chi connectivity index (χ2n) is 3.40. The summed E-state index contributed by atoms with van der Waals surface area (Å²) in [6.07, 6.45) is 1.34. The van der Waals surface area contributed by atoms with Gasteiger partial charge in [-0.25, -0.2) is 12.8 Å². The highest BCUT2D eigenvalue weighted by Crippen LogP contribution is 2.21. The summed E-state index contributed by atoms with van der Waals surface area (Å²) in [5, 5.41) is 0. The van der Waals surface area contributed by atoms with Crippen LogP contribution in [-0.2, 0) is 10.0 Å². The van der Waals surface area contributed by atoms with Gasteiger partial charge in [0, 0.05) is 4.47 Å². The highest BCUT2D eigenvalue weighted by molar-refractivity contribution is 9.10. The van der Waals surface area contributed by atoms with Crippen LogP contribution in [0.5, 0.6) is 0 Å². The molecule has 16 heavy (non-hydrogen) atoms. The van der Waals surface area contributed by atoms with E-state index in [9.17, 15) is 12.8 Å². The average molecular weight is 310 g/mol. The van der Waals surface area contributed by atoms with Gasteiger partial charge in [0.15, 0.2) is 0 Å². The van der Waals surface area contributed by atoms with Gasteiger partial charge in [0.1, 0.15) is 5.82 Å². The summed E-state index contributed by atoms with van der Waals surface area (Å²) in [6.45, 7) is 1.90. The van der Waals surface area contributed by atoms with E-state index in [1.165, 1.54) is 18.2 Å². The Balaban J connectivity index is 2.83. The summed E-state index contributed by atoms with van der Waals surface area (Å²) in [4.78, 5) is 0. The first-order valence-corrected chi connectivity index (χ1v) is 7.34. The number of unbranched alkanes of at least 4 members (excludes halogenated alkanes) is 1. The Kier molecular flexibility index (Phi) is 4.73. The predicted octanol–water partition coefficient (Wildman–Crippen LogP) is 3.13. The van der Waals surface area contributed by atoms with Gasteiger partial charge in [-0.1, -0.05) is 29.3 Å². The molecule has 0 aliphatic heterocycles. The number of rotatable bonds is 5. The second-order valence-corrected chi connectivity index (χ2v) is 6.16. The highest BCUT2D eigenvalue weighted by Gasteiger charge is 2.12. The second kappa shape index (κ2) is 5.63. The Morgan fingerprint density at radius 3 is 2.75 bits per heavy atom. The van der Waals surface area contributed by atoms with Crippen LogP contribution in [0.15, 0.2) is 22.7 Å². The number of hydrogen-bond donors (Lipinski definition) is 1. The van der Waals surface area contributed by atoms with Crippen molar-refractivity contribution in [3.63, 3.8) is 0 Å². The van der Waals surface area contributed by atoms with Crippen molar-refractivity contribution in [2.45, 2.75) is 19.8 Å². The number of hydrogen-bond acceptors (Lipinski definition) is 2. The molecule has 0 atom stereocenters. The van der Waals surface area contributed by atoms with Gasteiger partial charge in [-0.15, -0.1) is 0 Å². The first-order chi connectivity index (χ1) is 7.44. The number of halogens is 2. The number of anilines is 1. The molecule has 90 valence electrons. The number of benzene rings is 1. The molecule has 1 aromatic rings. The van der Waals surface area contributed by atoms with Crippen molar-refractivity contribution in [1.82, 2.24) is 0 Å². The zero-order valence-corrected chi connectivity index (χ0v) is 11.2. The van der Waals surface area contributed by atoms with Crippen LogP contribution >= 0.6 is 15.9 Å². The molecule has 0 bridgehead atoms. The fraction of sp³-hybridized carbons (Fsp3) is 0.400. The molecule has 1 rings (SSSR count). The van der Waals surface area contributed by atoms with E-state index in [-0.39, 0.29) is 11.4 Å². The Bertz CT molecular complexity index is 462. The molecule has 0 radical (unpaired) electrons. The minimum Gasteiger partial charge on any atom is -0.281 e. The standard InChI is InChI=1S/C10H13BrFNO2S/c1-2-3-6-16(14,15)13-10-7-8(11)4-5-9(10)12/h4-5,7,13H,2-3,6H2,1H3. The van der Waals surface area contributed by atoms with Gasteiger partial charge >= 0.3 is 0 Å². The monoisotopic (exact) mass is 309 g/mol. The zero-order chi connectivity index (χ0) is 12.2. The van der Waals surface area contributed by atoms with Crippen molar-refractivity contribution in [3.8, 4) is 0 Å². The van der Waals surface area contributed by atoms with E-state index in [0.717, 1.165) is 6.42 Å². The molecule has 0 aliphatic rings. The zero-order valence-electron chi connectivity index (χ0n) is 8.83. The fourth-order valence-corrected chi connectivity index (χ4v) is 2.75. The van der Waals surface area contributed by atoms with Crippen LogP contribution in [0.3, 0.4) is 0 Å². The lowest BCUT2D eigenvalue weighted by molar-refractivity contribution is 0.595. The van der Waals surface area contributed by atoms with E-state index in [1.807, 2.05) is 6.92 Å². The quantitative estimate of drug-likeness (QED) is 0.908. The minimum atomic E-state index is -3.45. The Hall–Kier alpha value is -0.620. The molecule has 0 aromatic heterocycles. The summed E-state index contributed by atoms with van der Waals surface area (Å²) in [5.74, 6) is -0.571. The molecule has 0 saturated carbocycles. The smallest absolute Gasteiger partial charge is 0.232 e. The van der Waals surface area contributed by atoms with E-state index < -0.39 is 15.8 Å². The summed E-state index contributed by atoms with van der Waals surface area (Å²) < 4.78 is 39.2. The normalized spacial score (nSPS) is 11.4. The summed E-state index contributed by atoms with van der Waals surface area (Å²) in [6, 6.07) is 4.12. The van der Waals surface area contributed by atoms with Gasteiger partial charge in [-0.3, -0.25) is 4.72 Å². The highest BCUT2D eigenvalue weighted by atomic mass is 79.9. The minimum absolute atomic E-state index is 0.00938. The first-order valence-electron chi connectivity index (χ1n) is 4.90. The molecule has 6 heteroatoms. The lowest BCUT2D eigenvalue weighted by Gasteiger charge is -2.08. The number of sulfonamides is 1. The molecule has 0 aliphatic carbocycles. The van der Waals surface area contributed by atoms with Gasteiger partial charge in [-0.05, 0) is 24.6 Å². The average Bonchev–Trinajstić information content (AvgIpc) is 2.20. The largest absolute Gasteiger partial charge is 0.281 e. The van der Waals surface area contributed by atoms with Crippen molar-refractivity contribution >= 4 is 31.6 Å². The molecule has 0 spiro atoms. The van der Waals surface area contributed by atoms with E-state index >= 15 is 0 Å². The number of nitrogens with one attached hydrogen (secondary N) is 1. The maximum atomic E-state index is 13.3. The van der Waals surface area contributed by atoms with Crippen LogP contribution < -0.4 is 4.72 Å². The Morgan fingerprint density at radius 2 is 2.12 bits per heavy atom. The maximum Gasteiger partial charge on any atom is 0.232 e. The molecule has 0 unspecified atom stereocenters. The maximum absolute atomic E-state index is 13.3.